The molecule has 0 aromatic heterocycles. The first-order valence-electron chi connectivity index (χ1n) is 11.8. The molecule has 1 fully saturated rings. The first-order valence-corrected chi connectivity index (χ1v) is 11.8. The first kappa shape index (κ1) is 23.8. The molecule has 0 bridgehead atoms. The Labute approximate surface area is 191 Å². The zero-order chi connectivity index (χ0) is 23.6. The van der Waals surface area contributed by atoms with Crippen molar-refractivity contribution in [3.8, 4) is 5.75 Å². The van der Waals surface area contributed by atoms with Gasteiger partial charge >= 0.3 is 6.36 Å². The Hall–Kier alpha value is -2.37. The molecule has 4 rings (SSSR count). The number of rotatable bonds is 6. The lowest BCUT2D eigenvalue weighted by Crippen LogP contribution is -2.18. The van der Waals surface area contributed by atoms with E-state index in [1.165, 1.54) is 32.1 Å². The van der Waals surface area contributed by atoms with Crippen molar-refractivity contribution in [2.24, 2.45) is 5.92 Å². The molecule has 2 aromatic rings. The Balaban J connectivity index is 1.45. The van der Waals surface area contributed by atoms with Crippen LogP contribution in [0.3, 0.4) is 0 Å². The summed E-state index contributed by atoms with van der Waals surface area (Å²) < 4.78 is 70.4. The van der Waals surface area contributed by atoms with Crippen molar-refractivity contribution in [1.82, 2.24) is 0 Å². The van der Waals surface area contributed by atoms with E-state index in [0.29, 0.717) is 29.0 Å². The number of hydrogen-bond donors (Lipinski definition) is 0. The molecule has 0 unspecified atom stereocenters. The number of unbranched alkanes of at least 4 members (excludes halogenated alkanes) is 1. The van der Waals surface area contributed by atoms with Crippen LogP contribution in [0, 0.1) is 17.6 Å². The van der Waals surface area contributed by atoms with Crippen LogP contribution in [0.1, 0.15) is 80.0 Å². The summed E-state index contributed by atoms with van der Waals surface area (Å²) in [4.78, 5) is 0. The summed E-state index contributed by atoms with van der Waals surface area (Å²) in [6, 6.07) is 7.56. The minimum atomic E-state index is -4.95. The Morgan fingerprint density at radius 1 is 0.939 bits per heavy atom. The van der Waals surface area contributed by atoms with Crippen molar-refractivity contribution in [2.45, 2.75) is 77.0 Å². The van der Waals surface area contributed by atoms with Gasteiger partial charge in [-0.1, -0.05) is 44.4 Å². The van der Waals surface area contributed by atoms with E-state index >= 15 is 4.39 Å². The first-order chi connectivity index (χ1) is 15.7. The zero-order valence-corrected chi connectivity index (χ0v) is 18.8. The maximum atomic E-state index is 15.1. The summed E-state index contributed by atoms with van der Waals surface area (Å²) in [6.07, 6.45) is 5.76. The molecular weight excluding hydrogens is 435 g/mol. The van der Waals surface area contributed by atoms with Crippen LogP contribution in [0.5, 0.6) is 5.75 Å². The number of alkyl halides is 3. The van der Waals surface area contributed by atoms with E-state index in [0.717, 1.165) is 42.0 Å². The lowest BCUT2D eigenvalue weighted by molar-refractivity contribution is -0.275. The maximum absolute atomic E-state index is 15.1. The van der Waals surface area contributed by atoms with Crippen molar-refractivity contribution in [3.05, 3.63) is 70.3 Å². The van der Waals surface area contributed by atoms with Crippen LogP contribution in [0.15, 0.2) is 36.4 Å². The minimum Gasteiger partial charge on any atom is -0.403 e. The number of benzene rings is 2. The molecule has 33 heavy (non-hydrogen) atoms. The number of fused-ring (bicyclic) bond motifs is 1. The second-order valence-electron chi connectivity index (χ2n) is 9.31. The molecule has 0 N–H and O–H groups in total. The van der Waals surface area contributed by atoms with Gasteiger partial charge in [-0.3, -0.25) is 0 Å². The topological polar surface area (TPSA) is 9.23 Å². The molecule has 0 aliphatic heterocycles. The van der Waals surface area contributed by atoms with Crippen LogP contribution in [-0.2, 0) is 12.8 Å². The average Bonchev–Trinajstić information content (AvgIpc) is 2.77. The Morgan fingerprint density at radius 2 is 1.70 bits per heavy atom. The van der Waals surface area contributed by atoms with Gasteiger partial charge in [0.2, 0.25) is 0 Å². The molecule has 0 amide bonds. The zero-order valence-electron chi connectivity index (χ0n) is 18.8. The standard InChI is InChI=1S/C27H29F5O/c1-2-3-4-17-5-7-18(8-6-17)19-11-12-23(24(28)14-19)21-10-9-20-16-26(33-27(30,31)32)25(29)15-22(20)13-21/h10-12,14-18H,2-9,13H2,1H3. The predicted molar refractivity (Wildman–Crippen MR) is 119 cm³/mol. The fraction of sp³-hybridized carbons (Fsp3) is 0.481. The summed E-state index contributed by atoms with van der Waals surface area (Å²) in [5, 5.41) is 0. The summed E-state index contributed by atoms with van der Waals surface area (Å²) >= 11 is 0. The molecular formula is C27H29F5O. The Kier molecular flexibility index (Phi) is 7.10. The predicted octanol–water partition coefficient (Wildman–Crippen LogP) is 8.51. The minimum absolute atomic E-state index is 0.261. The number of hydrogen-bond acceptors (Lipinski definition) is 1. The molecule has 0 saturated heterocycles. The van der Waals surface area contributed by atoms with Gasteiger partial charge in [-0.2, -0.15) is 0 Å². The van der Waals surface area contributed by atoms with Gasteiger partial charge in [-0.25, -0.2) is 8.78 Å². The van der Waals surface area contributed by atoms with E-state index in [-0.39, 0.29) is 12.2 Å². The van der Waals surface area contributed by atoms with E-state index < -0.39 is 17.9 Å². The van der Waals surface area contributed by atoms with Gasteiger partial charge in [0.15, 0.2) is 11.6 Å². The molecule has 178 valence electrons. The Morgan fingerprint density at radius 3 is 2.36 bits per heavy atom. The number of allylic oxidation sites excluding steroid dienone is 2. The van der Waals surface area contributed by atoms with Crippen LogP contribution in [0.25, 0.3) is 5.57 Å². The van der Waals surface area contributed by atoms with E-state index in [2.05, 4.69) is 11.7 Å². The lowest BCUT2D eigenvalue weighted by atomic mass is 9.76. The molecule has 6 heteroatoms. The normalized spacial score (nSPS) is 20.8. The van der Waals surface area contributed by atoms with Crippen molar-refractivity contribution in [1.29, 1.82) is 0 Å². The van der Waals surface area contributed by atoms with Crippen LogP contribution in [0.2, 0.25) is 0 Å². The highest BCUT2D eigenvalue weighted by Gasteiger charge is 2.33. The average molecular weight is 465 g/mol. The summed E-state index contributed by atoms with van der Waals surface area (Å²) in [7, 11) is 0. The maximum Gasteiger partial charge on any atom is 0.573 e. The van der Waals surface area contributed by atoms with Crippen molar-refractivity contribution in [3.63, 3.8) is 0 Å². The molecule has 2 aliphatic rings. The van der Waals surface area contributed by atoms with Gasteiger partial charge in [-0.15, -0.1) is 13.2 Å². The van der Waals surface area contributed by atoms with Crippen molar-refractivity contribution >= 4 is 5.57 Å². The highest BCUT2D eigenvalue weighted by Crippen LogP contribution is 2.39. The van der Waals surface area contributed by atoms with Gasteiger partial charge < -0.3 is 4.74 Å². The van der Waals surface area contributed by atoms with Crippen LogP contribution >= 0.6 is 0 Å². The molecule has 2 aliphatic carbocycles. The quantitative estimate of drug-likeness (QED) is 0.389. The van der Waals surface area contributed by atoms with Gasteiger partial charge in [0, 0.05) is 5.56 Å². The fourth-order valence-corrected chi connectivity index (χ4v) is 5.23. The summed E-state index contributed by atoms with van der Waals surface area (Å²) in [5.74, 6) is -1.03. The van der Waals surface area contributed by atoms with Crippen molar-refractivity contribution < 1.29 is 26.7 Å². The third-order valence-corrected chi connectivity index (χ3v) is 7.05. The summed E-state index contributed by atoms with van der Waals surface area (Å²) in [5.41, 5.74) is 3.32. The van der Waals surface area contributed by atoms with Crippen molar-refractivity contribution in [2.75, 3.05) is 0 Å². The van der Waals surface area contributed by atoms with E-state index in [4.69, 9.17) is 0 Å². The molecule has 1 saturated carbocycles. The molecule has 0 spiro atoms. The van der Waals surface area contributed by atoms with Gasteiger partial charge in [0.05, 0.1) is 0 Å². The van der Waals surface area contributed by atoms with Crippen LogP contribution < -0.4 is 4.74 Å². The largest absolute Gasteiger partial charge is 0.573 e. The number of ether oxygens (including phenoxy) is 1. The molecule has 1 nitrogen and oxygen atoms in total. The van der Waals surface area contributed by atoms with E-state index in [9.17, 15) is 17.6 Å². The van der Waals surface area contributed by atoms with Gasteiger partial charge in [0.25, 0.3) is 0 Å². The SMILES string of the molecule is CCCCC1CCC(c2ccc(C3=CCc4cc(OC(F)(F)F)c(F)cc4C3)c(F)c2)CC1. The molecule has 2 aromatic carbocycles. The van der Waals surface area contributed by atoms with Gasteiger partial charge in [0.1, 0.15) is 5.82 Å². The molecule has 0 radical (unpaired) electrons. The third kappa shape index (κ3) is 5.77. The second kappa shape index (κ2) is 9.86. The molecule has 0 heterocycles. The van der Waals surface area contributed by atoms with Crippen LogP contribution in [0.4, 0.5) is 22.0 Å². The monoisotopic (exact) mass is 464 g/mol. The Bertz CT molecular complexity index is 1020. The number of halogens is 5. The molecule has 0 atom stereocenters. The highest BCUT2D eigenvalue weighted by molar-refractivity contribution is 5.71. The summed E-state index contributed by atoms with van der Waals surface area (Å²) in [6.45, 7) is 2.21. The smallest absolute Gasteiger partial charge is 0.403 e. The van der Waals surface area contributed by atoms with E-state index in [1.54, 1.807) is 18.2 Å². The van der Waals surface area contributed by atoms with Crippen LogP contribution in [-0.4, -0.2) is 6.36 Å². The fourth-order valence-electron chi connectivity index (χ4n) is 5.23. The van der Waals surface area contributed by atoms with Gasteiger partial charge in [-0.05, 0) is 90.8 Å². The van der Waals surface area contributed by atoms with E-state index in [1.807, 2.05) is 6.07 Å². The second-order valence-corrected chi connectivity index (χ2v) is 9.31. The highest BCUT2D eigenvalue weighted by atomic mass is 19.4. The third-order valence-electron chi connectivity index (χ3n) is 7.05. The lowest BCUT2D eigenvalue weighted by Gasteiger charge is -2.29.